The second-order valence-electron chi connectivity index (χ2n) is 3.73. The first-order valence-corrected chi connectivity index (χ1v) is 6.51. The van der Waals surface area contributed by atoms with Crippen LogP contribution in [0.15, 0.2) is 29.0 Å². The molecule has 0 aliphatic carbocycles. The quantitative estimate of drug-likeness (QED) is 0.834. The van der Waals surface area contributed by atoms with Gasteiger partial charge in [0.1, 0.15) is 17.2 Å². The maximum absolute atomic E-state index is 12.4. The van der Waals surface area contributed by atoms with Crippen LogP contribution in [0.2, 0.25) is 5.02 Å². The number of nitrogens with two attached hydrogens (primary N) is 1. The van der Waals surface area contributed by atoms with E-state index in [9.17, 15) is 13.2 Å². The van der Waals surface area contributed by atoms with E-state index in [0.717, 1.165) is 12.4 Å². The molecule has 1 heterocycles. The minimum atomic E-state index is -4.83. The molecule has 10 heteroatoms. The molecule has 0 unspecified atom stereocenters. The molecule has 0 aliphatic heterocycles. The van der Waals surface area contributed by atoms with Gasteiger partial charge in [0.05, 0.1) is 5.69 Å². The third kappa shape index (κ3) is 4.11. The number of ether oxygens (including phenoxy) is 1. The number of nitrogens with one attached hydrogen (secondary N) is 1. The van der Waals surface area contributed by atoms with E-state index < -0.39 is 12.1 Å². The number of rotatable bonds is 3. The molecule has 0 fully saturated rings. The lowest BCUT2D eigenvalue weighted by molar-refractivity contribution is -0.274. The van der Waals surface area contributed by atoms with Crippen LogP contribution in [0.5, 0.6) is 5.75 Å². The van der Waals surface area contributed by atoms with E-state index in [1.54, 1.807) is 0 Å². The zero-order valence-corrected chi connectivity index (χ0v) is 12.4. The Morgan fingerprint density at radius 2 is 2.00 bits per heavy atom. The molecule has 0 spiro atoms. The number of nitrogens with zero attached hydrogens (tertiary/aromatic N) is 2. The smallest absolute Gasteiger partial charge is 0.404 e. The summed E-state index contributed by atoms with van der Waals surface area (Å²) in [4.78, 5) is 7.46. The molecule has 3 N–H and O–H groups in total. The summed E-state index contributed by atoms with van der Waals surface area (Å²) in [6.45, 7) is 0. The van der Waals surface area contributed by atoms with Crippen molar-refractivity contribution in [3.05, 3.63) is 34.0 Å². The molecule has 1 aromatic carbocycles. The lowest BCUT2D eigenvalue weighted by Crippen LogP contribution is -2.18. The van der Waals surface area contributed by atoms with E-state index in [0.29, 0.717) is 4.47 Å². The number of hydrogen-bond donors (Lipinski definition) is 2. The van der Waals surface area contributed by atoms with Gasteiger partial charge < -0.3 is 15.8 Å². The zero-order valence-electron chi connectivity index (χ0n) is 10.1. The topological polar surface area (TPSA) is 73.1 Å². The van der Waals surface area contributed by atoms with Crippen LogP contribution in [0.3, 0.4) is 0 Å². The Kier molecular flexibility index (Phi) is 4.43. The summed E-state index contributed by atoms with van der Waals surface area (Å²) >= 11 is 8.94. The maximum atomic E-state index is 12.4. The van der Waals surface area contributed by atoms with Crippen molar-refractivity contribution in [1.82, 2.24) is 9.97 Å². The standard InChI is InChI=1S/C11H7BrClF3N4O/c12-5-1-2-6(7(3-5)21-11(14,15)16)20-10-8(13)9(17)18-4-19-10/h1-4H,(H3,17,18,19,20). The summed E-state index contributed by atoms with van der Waals surface area (Å²) in [5.74, 6) is -0.367. The van der Waals surface area contributed by atoms with E-state index in [1.165, 1.54) is 12.1 Å². The average molecular weight is 384 g/mol. The highest BCUT2D eigenvalue weighted by Gasteiger charge is 2.32. The lowest BCUT2D eigenvalue weighted by atomic mass is 10.3. The maximum Gasteiger partial charge on any atom is 0.573 e. The molecule has 21 heavy (non-hydrogen) atoms. The molecule has 0 bridgehead atoms. The molecule has 5 nitrogen and oxygen atoms in total. The van der Waals surface area contributed by atoms with Crippen molar-refractivity contribution in [3.8, 4) is 5.75 Å². The number of hydrogen-bond acceptors (Lipinski definition) is 5. The van der Waals surface area contributed by atoms with E-state index in [2.05, 4.69) is 36.0 Å². The van der Waals surface area contributed by atoms with Crippen molar-refractivity contribution in [1.29, 1.82) is 0 Å². The Labute approximate surface area is 130 Å². The zero-order chi connectivity index (χ0) is 15.6. The van der Waals surface area contributed by atoms with Gasteiger partial charge in [-0.25, -0.2) is 9.97 Å². The van der Waals surface area contributed by atoms with Crippen LogP contribution in [0.4, 0.5) is 30.5 Å². The van der Waals surface area contributed by atoms with Crippen molar-refractivity contribution in [2.75, 3.05) is 11.1 Å². The number of nitrogen functional groups attached to an aromatic ring is 1. The van der Waals surface area contributed by atoms with E-state index in [4.69, 9.17) is 17.3 Å². The number of benzene rings is 1. The van der Waals surface area contributed by atoms with Gasteiger partial charge in [0.25, 0.3) is 0 Å². The Balaban J connectivity index is 2.37. The van der Waals surface area contributed by atoms with Crippen molar-refractivity contribution >= 4 is 44.9 Å². The van der Waals surface area contributed by atoms with Crippen LogP contribution in [-0.2, 0) is 0 Å². The molecule has 0 radical (unpaired) electrons. The van der Waals surface area contributed by atoms with Crippen molar-refractivity contribution < 1.29 is 17.9 Å². The summed E-state index contributed by atoms with van der Waals surface area (Å²) in [7, 11) is 0. The third-order valence-electron chi connectivity index (χ3n) is 2.24. The predicted molar refractivity (Wildman–Crippen MR) is 75.6 cm³/mol. The molecular weight excluding hydrogens is 376 g/mol. The first-order chi connectivity index (χ1) is 9.76. The fourth-order valence-electron chi connectivity index (χ4n) is 1.41. The van der Waals surface area contributed by atoms with Crippen LogP contribution >= 0.6 is 27.5 Å². The highest BCUT2D eigenvalue weighted by Crippen LogP contribution is 2.36. The van der Waals surface area contributed by atoms with Crippen LogP contribution in [0, 0.1) is 0 Å². The number of anilines is 3. The third-order valence-corrected chi connectivity index (χ3v) is 3.10. The second-order valence-corrected chi connectivity index (χ2v) is 5.03. The Morgan fingerprint density at radius 3 is 2.67 bits per heavy atom. The van der Waals surface area contributed by atoms with Crippen molar-refractivity contribution in [2.45, 2.75) is 6.36 Å². The SMILES string of the molecule is Nc1ncnc(Nc2ccc(Br)cc2OC(F)(F)F)c1Cl. The van der Waals surface area contributed by atoms with E-state index >= 15 is 0 Å². The number of aromatic nitrogens is 2. The number of alkyl halides is 3. The molecule has 112 valence electrons. The predicted octanol–water partition coefficient (Wildman–Crippen LogP) is 4.12. The van der Waals surface area contributed by atoms with Gasteiger partial charge in [-0.2, -0.15) is 0 Å². The second kappa shape index (κ2) is 5.94. The largest absolute Gasteiger partial charge is 0.573 e. The van der Waals surface area contributed by atoms with Crippen LogP contribution in [0.25, 0.3) is 0 Å². The monoisotopic (exact) mass is 382 g/mol. The minimum absolute atomic E-state index is 0.00150. The van der Waals surface area contributed by atoms with Gasteiger partial charge >= 0.3 is 6.36 Å². The first-order valence-electron chi connectivity index (χ1n) is 5.34. The van der Waals surface area contributed by atoms with Gasteiger partial charge in [-0.1, -0.05) is 27.5 Å². The van der Waals surface area contributed by atoms with Gasteiger partial charge in [0.15, 0.2) is 11.6 Å². The molecule has 0 atom stereocenters. The molecule has 0 saturated carbocycles. The normalized spacial score (nSPS) is 11.3. The highest BCUT2D eigenvalue weighted by molar-refractivity contribution is 9.10. The van der Waals surface area contributed by atoms with Gasteiger partial charge in [-0.3, -0.25) is 0 Å². The summed E-state index contributed by atoms with van der Waals surface area (Å²) in [5.41, 5.74) is 5.52. The van der Waals surface area contributed by atoms with Gasteiger partial charge in [-0.05, 0) is 18.2 Å². The van der Waals surface area contributed by atoms with Gasteiger partial charge in [-0.15, -0.1) is 13.2 Å². The van der Waals surface area contributed by atoms with E-state index in [-0.39, 0.29) is 22.3 Å². The van der Waals surface area contributed by atoms with Gasteiger partial charge in [0.2, 0.25) is 0 Å². The molecule has 0 aliphatic rings. The van der Waals surface area contributed by atoms with Crippen LogP contribution in [-0.4, -0.2) is 16.3 Å². The van der Waals surface area contributed by atoms with Gasteiger partial charge in [0, 0.05) is 4.47 Å². The summed E-state index contributed by atoms with van der Waals surface area (Å²) in [5, 5.41) is 2.62. The first kappa shape index (κ1) is 15.6. The summed E-state index contributed by atoms with van der Waals surface area (Å²) in [6, 6.07) is 4.07. The van der Waals surface area contributed by atoms with Crippen molar-refractivity contribution in [3.63, 3.8) is 0 Å². The highest BCUT2D eigenvalue weighted by atomic mass is 79.9. The Morgan fingerprint density at radius 1 is 1.29 bits per heavy atom. The molecule has 0 amide bonds. The molecule has 2 aromatic rings. The fourth-order valence-corrected chi connectivity index (χ4v) is 1.89. The van der Waals surface area contributed by atoms with Crippen LogP contribution in [0.1, 0.15) is 0 Å². The Hall–Kier alpha value is -1.74. The summed E-state index contributed by atoms with van der Waals surface area (Å²) in [6.07, 6.45) is -3.70. The number of halogens is 5. The summed E-state index contributed by atoms with van der Waals surface area (Å²) < 4.78 is 41.6. The molecule has 0 saturated heterocycles. The molecule has 2 rings (SSSR count). The average Bonchev–Trinajstić information content (AvgIpc) is 2.36. The lowest BCUT2D eigenvalue weighted by Gasteiger charge is -2.15. The van der Waals surface area contributed by atoms with Crippen molar-refractivity contribution in [2.24, 2.45) is 0 Å². The molecular formula is C11H7BrClF3N4O. The molecule has 1 aromatic heterocycles. The minimum Gasteiger partial charge on any atom is -0.404 e. The van der Waals surface area contributed by atoms with Crippen LogP contribution < -0.4 is 15.8 Å². The fraction of sp³-hybridized carbons (Fsp3) is 0.0909. The Bertz CT molecular complexity index is 668. The van der Waals surface area contributed by atoms with E-state index in [1.807, 2.05) is 0 Å².